The predicted molar refractivity (Wildman–Crippen MR) is 97.9 cm³/mol. The third-order valence-corrected chi connectivity index (χ3v) is 4.92. The zero-order valence-corrected chi connectivity index (χ0v) is 15.8. The fourth-order valence-corrected chi connectivity index (χ4v) is 3.13. The number of ether oxygens (including phenoxy) is 1. The summed E-state index contributed by atoms with van der Waals surface area (Å²) in [6.45, 7) is 3.18. The van der Waals surface area contributed by atoms with Gasteiger partial charge in [0, 0.05) is 10.7 Å². The second kappa shape index (κ2) is 7.61. The number of carbonyl (C=O) groups excluding carboxylic acids is 1. The number of primary sulfonamides is 1. The maximum absolute atomic E-state index is 12.1. The van der Waals surface area contributed by atoms with Gasteiger partial charge in [-0.2, -0.15) is 0 Å². The summed E-state index contributed by atoms with van der Waals surface area (Å²) < 4.78 is 28.4. The lowest BCUT2D eigenvalue weighted by Gasteiger charge is -2.13. The van der Waals surface area contributed by atoms with Crippen LogP contribution in [0.15, 0.2) is 35.2 Å². The Morgan fingerprint density at radius 1 is 1.20 bits per heavy atom. The number of halogens is 2. The van der Waals surface area contributed by atoms with E-state index in [9.17, 15) is 13.2 Å². The number of carbonyl (C=O) groups is 1. The molecule has 0 saturated heterocycles. The predicted octanol–water partition coefficient (Wildman–Crippen LogP) is 3.28. The molecule has 3 N–H and O–H groups in total. The molecule has 0 aliphatic carbocycles. The summed E-state index contributed by atoms with van der Waals surface area (Å²) in [5.74, 6) is -0.160. The van der Waals surface area contributed by atoms with Crippen LogP contribution in [-0.2, 0) is 14.8 Å². The van der Waals surface area contributed by atoms with Crippen LogP contribution < -0.4 is 15.2 Å². The van der Waals surface area contributed by atoms with Crippen LogP contribution >= 0.6 is 23.2 Å². The van der Waals surface area contributed by atoms with Gasteiger partial charge in [0.25, 0.3) is 5.91 Å². The Morgan fingerprint density at radius 2 is 1.88 bits per heavy atom. The Hall–Kier alpha value is -1.80. The maximum Gasteiger partial charge on any atom is 0.262 e. The van der Waals surface area contributed by atoms with Crippen molar-refractivity contribution in [2.24, 2.45) is 5.14 Å². The molecule has 2 rings (SSSR count). The second-order valence-electron chi connectivity index (χ2n) is 5.37. The number of sulfonamides is 1. The minimum Gasteiger partial charge on any atom is -0.482 e. The van der Waals surface area contributed by atoms with Gasteiger partial charge in [0.2, 0.25) is 10.0 Å². The van der Waals surface area contributed by atoms with Gasteiger partial charge in [-0.25, -0.2) is 13.6 Å². The minimum absolute atomic E-state index is 0.0763. The number of rotatable bonds is 5. The summed E-state index contributed by atoms with van der Waals surface area (Å²) in [6, 6.07) is 7.40. The number of nitrogens with one attached hydrogen (secondary N) is 1. The van der Waals surface area contributed by atoms with Crippen LogP contribution in [0.4, 0.5) is 5.69 Å². The first-order valence-electron chi connectivity index (χ1n) is 7.09. The molecule has 0 aromatic heterocycles. The summed E-state index contributed by atoms with van der Waals surface area (Å²) in [4.78, 5) is 12.0. The Balaban J connectivity index is 2.14. The van der Waals surface area contributed by atoms with E-state index in [1.165, 1.54) is 18.2 Å². The SMILES string of the molecule is Cc1cc(S(N)(=O)=O)cc(NC(=O)COc2ccc(Cl)cc2Cl)c1C. The summed E-state index contributed by atoms with van der Waals surface area (Å²) >= 11 is 11.8. The number of benzene rings is 2. The smallest absolute Gasteiger partial charge is 0.262 e. The molecule has 0 radical (unpaired) electrons. The number of nitrogens with two attached hydrogens (primary N) is 1. The van der Waals surface area contributed by atoms with Gasteiger partial charge in [0.15, 0.2) is 6.61 Å². The molecule has 0 aliphatic rings. The van der Waals surface area contributed by atoms with E-state index in [0.29, 0.717) is 22.0 Å². The number of aryl methyl sites for hydroxylation is 1. The van der Waals surface area contributed by atoms with Crippen molar-refractivity contribution < 1.29 is 17.9 Å². The van der Waals surface area contributed by atoms with Crippen molar-refractivity contribution in [1.82, 2.24) is 0 Å². The number of anilines is 1. The Kier molecular flexibility index (Phi) is 5.95. The van der Waals surface area contributed by atoms with E-state index in [4.69, 9.17) is 33.1 Å². The van der Waals surface area contributed by atoms with Crippen molar-refractivity contribution in [3.05, 3.63) is 51.5 Å². The molecule has 0 unspecified atom stereocenters. The molecule has 0 atom stereocenters. The lowest BCUT2D eigenvalue weighted by Crippen LogP contribution is -2.21. The summed E-state index contributed by atoms with van der Waals surface area (Å²) in [5, 5.41) is 8.49. The molecule has 0 fully saturated rings. The quantitative estimate of drug-likeness (QED) is 0.801. The van der Waals surface area contributed by atoms with Gasteiger partial charge in [-0.15, -0.1) is 0 Å². The van der Waals surface area contributed by atoms with Crippen molar-refractivity contribution in [2.75, 3.05) is 11.9 Å². The average Bonchev–Trinajstić information content (AvgIpc) is 2.49. The van der Waals surface area contributed by atoms with Gasteiger partial charge < -0.3 is 10.1 Å². The fourth-order valence-electron chi connectivity index (χ4n) is 2.04. The van der Waals surface area contributed by atoms with E-state index < -0.39 is 15.9 Å². The van der Waals surface area contributed by atoms with Crippen molar-refractivity contribution in [3.8, 4) is 5.75 Å². The molecule has 9 heteroatoms. The number of amides is 1. The first-order valence-corrected chi connectivity index (χ1v) is 9.40. The van der Waals surface area contributed by atoms with E-state index in [2.05, 4.69) is 5.32 Å². The van der Waals surface area contributed by atoms with Crippen LogP contribution in [0.5, 0.6) is 5.75 Å². The molecular formula is C16H16Cl2N2O4S. The molecule has 25 heavy (non-hydrogen) atoms. The lowest BCUT2D eigenvalue weighted by molar-refractivity contribution is -0.118. The third-order valence-electron chi connectivity index (χ3n) is 3.50. The summed E-state index contributed by atoms with van der Waals surface area (Å²) in [5.41, 5.74) is 1.76. The maximum atomic E-state index is 12.1. The van der Waals surface area contributed by atoms with Crippen LogP contribution in [0.3, 0.4) is 0 Å². The number of hydrogen-bond acceptors (Lipinski definition) is 4. The molecule has 2 aromatic rings. The highest BCUT2D eigenvalue weighted by Crippen LogP contribution is 2.28. The molecule has 2 aromatic carbocycles. The van der Waals surface area contributed by atoms with Gasteiger partial charge in [-0.05, 0) is 55.3 Å². The second-order valence-corrected chi connectivity index (χ2v) is 7.77. The molecule has 0 bridgehead atoms. The van der Waals surface area contributed by atoms with E-state index in [1.807, 2.05) is 0 Å². The molecule has 0 aliphatic heterocycles. The van der Waals surface area contributed by atoms with Crippen LogP contribution in [0.2, 0.25) is 10.0 Å². The van der Waals surface area contributed by atoms with Gasteiger partial charge in [-0.3, -0.25) is 4.79 Å². The highest BCUT2D eigenvalue weighted by atomic mass is 35.5. The van der Waals surface area contributed by atoms with E-state index in [1.54, 1.807) is 26.0 Å². The number of hydrogen-bond donors (Lipinski definition) is 2. The minimum atomic E-state index is -3.88. The van der Waals surface area contributed by atoms with E-state index in [0.717, 1.165) is 5.56 Å². The molecule has 0 heterocycles. The average molecular weight is 403 g/mol. The molecule has 6 nitrogen and oxygen atoms in total. The standard InChI is InChI=1S/C16H16Cl2N2O4S/c1-9-5-12(25(19,22)23)7-14(10(9)2)20-16(21)8-24-15-4-3-11(17)6-13(15)18/h3-7H,8H2,1-2H3,(H,20,21)(H2,19,22,23). The van der Waals surface area contributed by atoms with Crippen LogP contribution in [0.25, 0.3) is 0 Å². The summed E-state index contributed by atoms with van der Waals surface area (Å²) in [7, 11) is -3.88. The Morgan fingerprint density at radius 3 is 2.48 bits per heavy atom. The third kappa shape index (κ3) is 5.09. The monoisotopic (exact) mass is 402 g/mol. The highest BCUT2D eigenvalue weighted by molar-refractivity contribution is 7.89. The van der Waals surface area contributed by atoms with Crippen molar-refractivity contribution in [1.29, 1.82) is 0 Å². The highest BCUT2D eigenvalue weighted by Gasteiger charge is 2.15. The zero-order valence-electron chi connectivity index (χ0n) is 13.5. The topological polar surface area (TPSA) is 98.5 Å². The Bertz CT molecular complexity index is 930. The first-order chi connectivity index (χ1) is 11.6. The molecule has 134 valence electrons. The first kappa shape index (κ1) is 19.5. The van der Waals surface area contributed by atoms with Gasteiger partial charge in [0.1, 0.15) is 5.75 Å². The Labute approximate surface area is 155 Å². The normalized spacial score (nSPS) is 11.2. The van der Waals surface area contributed by atoms with Crippen LogP contribution in [-0.4, -0.2) is 20.9 Å². The van der Waals surface area contributed by atoms with E-state index >= 15 is 0 Å². The fraction of sp³-hybridized carbons (Fsp3) is 0.188. The van der Waals surface area contributed by atoms with Gasteiger partial charge in [0.05, 0.1) is 9.92 Å². The molecule has 0 spiro atoms. The van der Waals surface area contributed by atoms with Gasteiger partial charge in [-0.1, -0.05) is 23.2 Å². The lowest BCUT2D eigenvalue weighted by atomic mass is 10.1. The van der Waals surface area contributed by atoms with Crippen molar-refractivity contribution in [2.45, 2.75) is 18.7 Å². The van der Waals surface area contributed by atoms with E-state index in [-0.39, 0.29) is 16.5 Å². The molecule has 0 saturated carbocycles. The largest absolute Gasteiger partial charge is 0.482 e. The summed E-state index contributed by atoms with van der Waals surface area (Å²) in [6.07, 6.45) is 0. The molecular weight excluding hydrogens is 387 g/mol. The van der Waals surface area contributed by atoms with Gasteiger partial charge >= 0.3 is 0 Å². The van der Waals surface area contributed by atoms with Crippen molar-refractivity contribution >= 4 is 44.8 Å². The van der Waals surface area contributed by atoms with Crippen LogP contribution in [0, 0.1) is 13.8 Å². The molecule has 1 amide bonds. The zero-order chi connectivity index (χ0) is 18.8. The van der Waals surface area contributed by atoms with Crippen LogP contribution in [0.1, 0.15) is 11.1 Å². The van der Waals surface area contributed by atoms with Crippen molar-refractivity contribution in [3.63, 3.8) is 0 Å².